The topological polar surface area (TPSA) is 100 Å². The summed E-state index contributed by atoms with van der Waals surface area (Å²) in [7, 11) is 0. The Morgan fingerprint density at radius 3 is 2.64 bits per heavy atom. The number of benzene rings is 1. The van der Waals surface area contributed by atoms with Crippen LogP contribution in [-0.4, -0.2) is 23.4 Å². The number of ether oxygens (including phenoxy) is 1. The zero-order valence-corrected chi connectivity index (χ0v) is 14.4. The van der Waals surface area contributed by atoms with Crippen LogP contribution in [0.15, 0.2) is 41.3 Å². The number of hydrogen-bond acceptors (Lipinski definition) is 4. The van der Waals surface area contributed by atoms with E-state index in [0.717, 1.165) is 11.1 Å². The number of pyridine rings is 1. The number of aromatic amines is 1. The van der Waals surface area contributed by atoms with Crippen molar-refractivity contribution in [2.24, 2.45) is 0 Å². The molecule has 0 unspecified atom stereocenters. The Morgan fingerprint density at radius 2 is 1.96 bits per heavy atom. The Hall–Kier alpha value is -3.09. The van der Waals surface area contributed by atoms with Crippen molar-refractivity contribution in [2.45, 2.75) is 26.7 Å². The molecule has 7 nitrogen and oxygen atoms in total. The zero-order valence-electron chi connectivity index (χ0n) is 14.4. The van der Waals surface area contributed by atoms with Crippen molar-refractivity contribution in [1.82, 2.24) is 15.8 Å². The first-order valence-electron chi connectivity index (χ1n) is 7.88. The van der Waals surface area contributed by atoms with Gasteiger partial charge in [0.05, 0.1) is 0 Å². The molecule has 0 saturated carbocycles. The van der Waals surface area contributed by atoms with E-state index in [9.17, 15) is 14.4 Å². The number of aromatic nitrogens is 1. The second-order valence-electron chi connectivity index (χ2n) is 5.90. The van der Waals surface area contributed by atoms with Crippen molar-refractivity contribution in [1.29, 1.82) is 0 Å². The Bertz CT molecular complexity index is 827. The fourth-order valence-electron chi connectivity index (χ4n) is 2.22. The molecule has 0 aliphatic carbocycles. The largest absolute Gasteiger partial charge is 0.483 e. The van der Waals surface area contributed by atoms with Gasteiger partial charge in [-0.05, 0) is 42.2 Å². The molecule has 2 aromatic rings. The number of aryl methyl sites for hydroxylation is 1. The molecule has 0 fully saturated rings. The molecular formula is C18H21N3O4. The first-order valence-corrected chi connectivity index (χ1v) is 7.88. The molecule has 1 aromatic carbocycles. The molecule has 0 bridgehead atoms. The van der Waals surface area contributed by atoms with E-state index in [1.807, 2.05) is 39.0 Å². The van der Waals surface area contributed by atoms with Crippen LogP contribution in [0.2, 0.25) is 0 Å². The average Bonchev–Trinajstić information content (AvgIpc) is 2.58. The average molecular weight is 343 g/mol. The van der Waals surface area contributed by atoms with E-state index < -0.39 is 17.4 Å². The summed E-state index contributed by atoms with van der Waals surface area (Å²) in [6.07, 6.45) is 1.42. The van der Waals surface area contributed by atoms with Crippen LogP contribution in [0.5, 0.6) is 5.75 Å². The van der Waals surface area contributed by atoms with Crippen molar-refractivity contribution in [3.8, 4) is 5.75 Å². The third kappa shape index (κ3) is 4.94. The lowest BCUT2D eigenvalue weighted by molar-refractivity contribution is -0.123. The summed E-state index contributed by atoms with van der Waals surface area (Å²) in [5.74, 6) is -0.343. The molecule has 0 atom stereocenters. The predicted octanol–water partition coefficient (Wildman–Crippen LogP) is 1.65. The Labute approximate surface area is 145 Å². The molecule has 132 valence electrons. The van der Waals surface area contributed by atoms with E-state index in [0.29, 0.717) is 5.75 Å². The van der Waals surface area contributed by atoms with Crippen molar-refractivity contribution in [3.63, 3.8) is 0 Å². The van der Waals surface area contributed by atoms with Gasteiger partial charge in [0.15, 0.2) is 6.61 Å². The van der Waals surface area contributed by atoms with Crippen molar-refractivity contribution in [3.05, 3.63) is 63.6 Å². The quantitative estimate of drug-likeness (QED) is 0.719. The maximum atomic E-state index is 11.9. The third-order valence-corrected chi connectivity index (χ3v) is 3.53. The fourth-order valence-corrected chi connectivity index (χ4v) is 2.22. The Kier molecular flexibility index (Phi) is 5.94. The molecule has 1 aromatic heterocycles. The number of carbonyl (C=O) groups is 2. The molecule has 0 saturated heterocycles. The van der Waals surface area contributed by atoms with Gasteiger partial charge < -0.3 is 9.72 Å². The van der Waals surface area contributed by atoms with Gasteiger partial charge >= 0.3 is 0 Å². The number of H-pyrrole nitrogens is 1. The van der Waals surface area contributed by atoms with Gasteiger partial charge in [-0.1, -0.05) is 26.0 Å². The first-order chi connectivity index (χ1) is 11.9. The highest BCUT2D eigenvalue weighted by Gasteiger charge is 2.13. The van der Waals surface area contributed by atoms with Crippen LogP contribution in [0.25, 0.3) is 0 Å². The van der Waals surface area contributed by atoms with Gasteiger partial charge in [0.2, 0.25) is 0 Å². The van der Waals surface area contributed by atoms with Crippen LogP contribution in [-0.2, 0) is 4.79 Å². The number of rotatable bonds is 5. The highest BCUT2D eigenvalue weighted by molar-refractivity contribution is 5.95. The smallest absolute Gasteiger partial charge is 0.276 e. The van der Waals surface area contributed by atoms with Crippen LogP contribution >= 0.6 is 0 Å². The van der Waals surface area contributed by atoms with Gasteiger partial charge in [-0.3, -0.25) is 25.2 Å². The molecule has 0 aliphatic heterocycles. The van der Waals surface area contributed by atoms with E-state index in [4.69, 9.17) is 4.74 Å². The highest BCUT2D eigenvalue weighted by atomic mass is 16.5. The fraction of sp³-hybridized carbons (Fsp3) is 0.278. The third-order valence-electron chi connectivity index (χ3n) is 3.53. The number of nitrogens with one attached hydrogen (secondary N) is 3. The second-order valence-corrected chi connectivity index (χ2v) is 5.90. The summed E-state index contributed by atoms with van der Waals surface area (Å²) in [4.78, 5) is 37.6. The summed E-state index contributed by atoms with van der Waals surface area (Å²) < 4.78 is 5.57. The van der Waals surface area contributed by atoms with Gasteiger partial charge in [-0.2, -0.15) is 0 Å². The van der Waals surface area contributed by atoms with Crippen LogP contribution < -0.4 is 21.1 Å². The van der Waals surface area contributed by atoms with E-state index >= 15 is 0 Å². The van der Waals surface area contributed by atoms with E-state index in [1.165, 1.54) is 18.3 Å². The molecule has 2 amide bonds. The Balaban J connectivity index is 1.91. The summed E-state index contributed by atoms with van der Waals surface area (Å²) in [5.41, 5.74) is 5.81. The molecule has 0 spiro atoms. The summed E-state index contributed by atoms with van der Waals surface area (Å²) in [6.45, 7) is 5.76. The zero-order chi connectivity index (χ0) is 18.4. The lowest BCUT2D eigenvalue weighted by atomic mass is 10.0. The van der Waals surface area contributed by atoms with Gasteiger partial charge in [-0.15, -0.1) is 0 Å². The first kappa shape index (κ1) is 18.3. The van der Waals surface area contributed by atoms with Crippen LogP contribution in [0.1, 0.15) is 41.3 Å². The minimum absolute atomic E-state index is 0.0931. The molecule has 3 N–H and O–H groups in total. The van der Waals surface area contributed by atoms with Crippen LogP contribution in [0.3, 0.4) is 0 Å². The second kappa shape index (κ2) is 8.14. The maximum Gasteiger partial charge on any atom is 0.276 e. The van der Waals surface area contributed by atoms with Gasteiger partial charge in [0.1, 0.15) is 11.3 Å². The molecule has 25 heavy (non-hydrogen) atoms. The van der Waals surface area contributed by atoms with E-state index in [1.54, 1.807) is 0 Å². The highest BCUT2D eigenvalue weighted by Crippen LogP contribution is 2.27. The maximum absolute atomic E-state index is 11.9. The SMILES string of the molecule is Cc1ccc(C(C)C)c(OCC(=O)NNC(=O)c2ccc[nH]c2=O)c1. The van der Waals surface area contributed by atoms with Crippen molar-refractivity contribution >= 4 is 11.8 Å². The number of hydrazine groups is 1. The summed E-state index contributed by atoms with van der Waals surface area (Å²) >= 11 is 0. The minimum Gasteiger partial charge on any atom is -0.483 e. The molecule has 0 aliphatic rings. The summed E-state index contributed by atoms with van der Waals surface area (Å²) in [6, 6.07) is 8.70. The van der Waals surface area contributed by atoms with E-state index in [2.05, 4.69) is 15.8 Å². The monoisotopic (exact) mass is 343 g/mol. The van der Waals surface area contributed by atoms with E-state index in [-0.39, 0.29) is 18.1 Å². The standard InChI is InChI=1S/C18H21N3O4/c1-11(2)13-7-6-12(3)9-15(13)25-10-16(22)20-21-18(24)14-5-4-8-19-17(14)23/h4-9,11H,10H2,1-3H3,(H,19,23)(H,20,22)(H,21,24). The Morgan fingerprint density at radius 1 is 1.20 bits per heavy atom. The number of hydrogen-bond donors (Lipinski definition) is 3. The molecule has 2 rings (SSSR count). The molecule has 7 heteroatoms. The van der Waals surface area contributed by atoms with Gasteiger partial charge in [-0.25, -0.2) is 0 Å². The lowest BCUT2D eigenvalue weighted by Crippen LogP contribution is -2.45. The lowest BCUT2D eigenvalue weighted by Gasteiger charge is -2.15. The molecular weight excluding hydrogens is 322 g/mol. The minimum atomic E-state index is -0.700. The summed E-state index contributed by atoms with van der Waals surface area (Å²) in [5, 5.41) is 0. The van der Waals surface area contributed by atoms with Gasteiger partial charge in [0, 0.05) is 6.20 Å². The van der Waals surface area contributed by atoms with Crippen molar-refractivity contribution in [2.75, 3.05) is 6.61 Å². The normalized spacial score (nSPS) is 10.4. The predicted molar refractivity (Wildman–Crippen MR) is 93.4 cm³/mol. The number of carbonyl (C=O) groups excluding carboxylic acids is 2. The van der Waals surface area contributed by atoms with Gasteiger partial charge in [0.25, 0.3) is 17.4 Å². The van der Waals surface area contributed by atoms with Crippen molar-refractivity contribution < 1.29 is 14.3 Å². The molecule has 0 radical (unpaired) electrons. The van der Waals surface area contributed by atoms with Crippen LogP contribution in [0, 0.1) is 6.92 Å². The van der Waals surface area contributed by atoms with Crippen LogP contribution in [0.4, 0.5) is 0 Å². The molecule has 1 heterocycles. The number of amides is 2.